The molecule has 0 N–H and O–H groups in total. The summed E-state index contributed by atoms with van der Waals surface area (Å²) in [6, 6.07) is 52.0. The molecular formula is C45H58N3NbP2-3. The average Bonchev–Trinajstić information content (AvgIpc) is 3.12. The van der Waals surface area contributed by atoms with Crippen molar-refractivity contribution in [2.24, 2.45) is 16.2 Å². The summed E-state index contributed by atoms with van der Waals surface area (Å²) < 4.78 is 0. The van der Waals surface area contributed by atoms with Crippen LogP contribution < -0.4 is 10.6 Å². The summed E-state index contributed by atoms with van der Waals surface area (Å²) in [6.07, 6.45) is 0. The summed E-state index contributed by atoms with van der Waals surface area (Å²) in [7, 11) is -0.154. The number of benzene rings is 5. The number of nitrogens with zero attached hydrogens (tertiary/aromatic N) is 3. The molecule has 0 amide bonds. The molecule has 0 bridgehead atoms. The molecule has 0 atom stereocenters. The van der Waals surface area contributed by atoms with Gasteiger partial charge >= 0.3 is 105 Å². The van der Waals surface area contributed by atoms with Crippen molar-refractivity contribution < 1.29 is 20.0 Å². The third-order valence-corrected chi connectivity index (χ3v) is 14.2. The van der Waals surface area contributed by atoms with Gasteiger partial charge in [0, 0.05) is 0 Å². The van der Waals surface area contributed by atoms with Gasteiger partial charge in [0.2, 0.25) is 0 Å². The van der Waals surface area contributed by atoms with Crippen LogP contribution in [0.5, 0.6) is 0 Å². The average molecular weight is 796 g/mol. The Morgan fingerprint density at radius 3 is 0.804 bits per heavy atom. The zero-order chi connectivity index (χ0) is 37.6. The van der Waals surface area contributed by atoms with Crippen molar-refractivity contribution in [3.05, 3.63) is 168 Å². The molecule has 0 aromatic heterocycles. The van der Waals surface area contributed by atoms with E-state index in [0.717, 1.165) is 36.7 Å². The van der Waals surface area contributed by atoms with E-state index >= 15 is 0 Å². The van der Waals surface area contributed by atoms with Gasteiger partial charge in [0.05, 0.1) is 0 Å². The Kier molecular flexibility index (Phi) is 20.3. The number of hydrogen-bond donors (Lipinski definition) is 0. The molecule has 0 unspecified atom stereocenters. The normalized spacial score (nSPS) is 11.1. The summed E-state index contributed by atoms with van der Waals surface area (Å²) >= 11 is 1.88. The van der Waals surface area contributed by atoms with Crippen molar-refractivity contribution in [1.29, 1.82) is 0 Å². The first-order valence-electron chi connectivity index (χ1n) is 17.6. The molecule has 0 saturated carbocycles. The number of rotatable bonds is 9. The Labute approximate surface area is 325 Å². The molecule has 6 heteroatoms. The van der Waals surface area contributed by atoms with Gasteiger partial charge in [-0.25, -0.2) is 0 Å². The summed E-state index contributed by atoms with van der Waals surface area (Å²) in [5.74, 6) is 0. The maximum atomic E-state index is 4.48. The van der Waals surface area contributed by atoms with Crippen LogP contribution in [0.1, 0.15) is 62.3 Å². The zero-order valence-electron chi connectivity index (χ0n) is 32.2. The monoisotopic (exact) mass is 795 g/mol. The van der Waals surface area contributed by atoms with Crippen LogP contribution in [0.3, 0.4) is 0 Å². The summed E-state index contributed by atoms with van der Waals surface area (Å²) in [4.78, 5) is 0. The van der Waals surface area contributed by atoms with Crippen LogP contribution in [0.15, 0.2) is 152 Å². The van der Waals surface area contributed by atoms with Crippen LogP contribution >= 0.6 is 13.3 Å². The molecule has 0 spiro atoms. The third-order valence-electron chi connectivity index (χ3n) is 6.57. The van der Waals surface area contributed by atoms with Crippen molar-refractivity contribution in [2.45, 2.75) is 62.3 Å². The van der Waals surface area contributed by atoms with Crippen molar-refractivity contribution >= 4 is 41.0 Å². The Morgan fingerprint density at radius 1 is 0.392 bits per heavy atom. The van der Waals surface area contributed by atoms with Gasteiger partial charge in [-0.1, -0.05) is 170 Å². The molecule has 0 fully saturated rings. The van der Waals surface area contributed by atoms with Crippen molar-refractivity contribution in [2.75, 3.05) is 19.6 Å². The second-order valence-corrected chi connectivity index (χ2v) is 23.2. The molecule has 0 heterocycles. The first-order chi connectivity index (χ1) is 24.1. The maximum absolute atomic E-state index is 4.48. The van der Waals surface area contributed by atoms with E-state index in [-0.39, 0.29) is 23.9 Å². The van der Waals surface area contributed by atoms with E-state index in [1.807, 2.05) is 111 Å². The van der Waals surface area contributed by atoms with Crippen LogP contribution in [0.2, 0.25) is 0 Å². The second kappa shape index (κ2) is 23.5. The van der Waals surface area contributed by atoms with Crippen molar-refractivity contribution in [3.8, 4) is 0 Å². The van der Waals surface area contributed by atoms with Gasteiger partial charge in [0.1, 0.15) is 0 Å². The summed E-state index contributed by atoms with van der Waals surface area (Å²) in [6.45, 7) is 22.4. The quantitative estimate of drug-likeness (QED) is 0.105. The topological polar surface area (TPSA) is 42.3 Å². The van der Waals surface area contributed by atoms with E-state index in [1.165, 1.54) is 16.3 Å². The molecule has 271 valence electrons. The first-order valence-corrected chi connectivity index (χ1v) is 23.4. The molecule has 51 heavy (non-hydrogen) atoms. The molecule has 5 rings (SSSR count). The van der Waals surface area contributed by atoms with Gasteiger partial charge in [0.25, 0.3) is 0 Å². The van der Waals surface area contributed by atoms with Crippen molar-refractivity contribution in [3.63, 3.8) is 0 Å². The fraction of sp³-hybridized carbons (Fsp3) is 0.333. The van der Waals surface area contributed by atoms with Crippen LogP contribution in [0.25, 0.3) is 16.0 Å². The Bertz CT molecular complexity index is 1420. The first kappa shape index (κ1) is 44.1. The predicted octanol–water partition coefficient (Wildman–Crippen LogP) is 14.7. The van der Waals surface area contributed by atoms with Crippen molar-refractivity contribution in [1.82, 2.24) is 0 Å². The van der Waals surface area contributed by atoms with E-state index < -0.39 is 0 Å². The molecule has 5 aromatic rings. The third kappa shape index (κ3) is 22.5. The van der Waals surface area contributed by atoms with Gasteiger partial charge < -0.3 is 16.0 Å². The fourth-order valence-electron chi connectivity index (χ4n) is 3.98. The van der Waals surface area contributed by atoms with E-state index in [2.05, 4.69) is 139 Å². The molecule has 0 saturated heterocycles. The van der Waals surface area contributed by atoms with Gasteiger partial charge in [-0.3, -0.25) is 0 Å². The molecule has 0 aliphatic rings. The molecule has 0 aliphatic heterocycles. The van der Waals surface area contributed by atoms with E-state index in [1.54, 1.807) is 0 Å². The van der Waals surface area contributed by atoms with Gasteiger partial charge in [-0.05, 0) is 0 Å². The summed E-state index contributed by atoms with van der Waals surface area (Å²) in [5.41, 5.74) is 5.60. The van der Waals surface area contributed by atoms with E-state index in [4.69, 9.17) is 0 Å². The van der Waals surface area contributed by atoms with E-state index in [0.29, 0.717) is 0 Å². The van der Waals surface area contributed by atoms with Crippen LogP contribution in [0, 0.1) is 16.2 Å². The van der Waals surface area contributed by atoms with Gasteiger partial charge in [-0.15, -0.1) is 36.7 Å². The number of hydrogen-bond acceptors (Lipinski definition) is 0. The molecule has 0 radical (unpaired) electrons. The van der Waals surface area contributed by atoms with Crippen LogP contribution in [-0.2, 0) is 20.0 Å². The molecular weight excluding hydrogens is 737 g/mol. The minimum absolute atomic E-state index is 0.154. The fourth-order valence-corrected chi connectivity index (χ4v) is 11.4. The van der Waals surface area contributed by atoms with Gasteiger partial charge in [0.15, 0.2) is 0 Å². The Morgan fingerprint density at radius 2 is 0.608 bits per heavy atom. The van der Waals surface area contributed by atoms with E-state index in [9.17, 15) is 0 Å². The molecule has 0 aliphatic carbocycles. The summed E-state index contributed by atoms with van der Waals surface area (Å²) in [5, 5.41) is 16.4. The van der Waals surface area contributed by atoms with Crippen LogP contribution in [0.4, 0.5) is 17.1 Å². The second-order valence-electron chi connectivity index (χ2n) is 15.7. The zero-order valence-corrected chi connectivity index (χ0v) is 36.2. The Balaban J connectivity index is 0.000000237. The number of para-hydroxylation sites is 3. The SMILES string of the molecule is CC(C)(C)C[N-]c1ccccc1.CC(C)(C)C[N-]c1ccccc1.CC(C)(C)C[N-]c1ccccc1.[Nb]=[P]P(c1ccccc1)c1ccccc1. The minimum atomic E-state index is -0.154. The Hall–Kier alpha value is -3.03. The molecule has 5 aromatic carbocycles. The molecule has 3 nitrogen and oxygen atoms in total. The van der Waals surface area contributed by atoms with Crippen LogP contribution in [-0.4, -0.2) is 19.6 Å². The van der Waals surface area contributed by atoms with Gasteiger partial charge in [-0.2, -0.15) is 0 Å². The predicted molar refractivity (Wildman–Crippen MR) is 227 cm³/mol. The standard InChI is InChI=1S/C12H10P2.3C11H16N.Nb/c13-14(11-7-3-1-4-8-11)12-9-5-2-6-10-12;3*1-11(2,3)9-12-10-7-5-4-6-8-10;/h1-10H;3*4-8H,9H2,1-3H3;/q;3*-1;.